The van der Waals surface area contributed by atoms with Gasteiger partial charge in [0.05, 0.1) is 22.6 Å². The minimum absolute atomic E-state index is 0.0585. The third kappa shape index (κ3) is 5.71. The van der Waals surface area contributed by atoms with Crippen molar-refractivity contribution >= 4 is 40.6 Å². The lowest BCUT2D eigenvalue weighted by Crippen LogP contribution is -2.12. The summed E-state index contributed by atoms with van der Waals surface area (Å²) in [5, 5.41) is 18.7. The molecule has 2 heterocycles. The van der Waals surface area contributed by atoms with Crippen LogP contribution in [0.1, 0.15) is 21.9 Å². The summed E-state index contributed by atoms with van der Waals surface area (Å²) in [6.07, 6.45) is 1.74. The lowest BCUT2D eigenvalue weighted by Gasteiger charge is -2.06. The number of nitrogens with one attached hydrogen (secondary N) is 1. The highest BCUT2D eigenvalue weighted by Gasteiger charge is 2.15. The Labute approximate surface area is 197 Å². The Balaban J connectivity index is 1.35. The van der Waals surface area contributed by atoms with Crippen LogP contribution < -0.4 is 10.1 Å². The minimum atomic E-state index is -0.547. The smallest absolute Gasteiger partial charge is 0.292 e. The van der Waals surface area contributed by atoms with Crippen molar-refractivity contribution < 1.29 is 18.9 Å². The number of hydrogen-bond donors (Lipinski definition) is 1. The molecular weight excluding hydrogens is 471 g/mol. The number of benzene rings is 2. The SMILES string of the molecule is O=C(Nc1ccn(Cc2cccc(Cl)c2)n1)c1ccc(COc2cc([N+](=O)[O-])ccc2Cl)o1. The van der Waals surface area contributed by atoms with E-state index in [1.165, 1.54) is 24.3 Å². The molecule has 0 saturated carbocycles. The molecule has 0 bridgehead atoms. The van der Waals surface area contributed by atoms with Crippen LogP contribution in [0.3, 0.4) is 0 Å². The summed E-state index contributed by atoms with van der Waals surface area (Å²) in [5.74, 6) is 0.415. The van der Waals surface area contributed by atoms with Crippen molar-refractivity contribution in [2.75, 3.05) is 5.32 Å². The molecule has 11 heteroatoms. The fourth-order valence-corrected chi connectivity index (χ4v) is 3.34. The largest absolute Gasteiger partial charge is 0.484 e. The van der Waals surface area contributed by atoms with E-state index in [2.05, 4.69) is 10.4 Å². The highest BCUT2D eigenvalue weighted by molar-refractivity contribution is 6.32. The van der Waals surface area contributed by atoms with Gasteiger partial charge >= 0.3 is 0 Å². The van der Waals surface area contributed by atoms with Gasteiger partial charge in [0.15, 0.2) is 11.6 Å². The molecule has 0 radical (unpaired) electrons. The molecule has 1 N–H and O–H groups in total. The molecule has 1 amide bonds. The zero-order chi connectivity index (χ0) is 23.4. The van der Waals surface area contributed by atoms with Crippen LogP contribution in [0.2, 0.25) is 10.0 Å². The Morgan fingerprint density at radius 1 is 1.15 bits per heavy atom. The van der Waals surface area contributed by atoms with E-state index in [0.717, 1.165) is 5.56 Å². The molecule has 0 saturated heterocycles. The third-order valence-corrected chi connectivity index (χ3v) is 5.04. The van der Waals surface area contributed by atoms with Crippen molar-refractivity contribution in [2.45, 2.75) is 13.2 Å². The third-order valence-electron chi connectivity index (χ3n) is 4.50. The number of halogens is 2. The van der Waals surface area contributed by atoms with Crippen LogP contribution >= 0.6 is 23.2 Å². The topological polar surface area (TPSA) is 112 Å². The van der Waals surface area contributed by atoms with Gasteiger partial charge in [0, 0.05) is 23.4 Å². The molecule has 4 aromatic rings. The van der Waals surface area contributed by atoms with Gasteiger partial charge in [-0.15, -0.1) is 0 Å². The van der Waals surface area contributed by atoms with Crippen LogP contribution in [-0.4, -0.2) is 20.6 Å². The monoisotopic (exact) mass is 486 g/mol. The highest BCUT2D eigenvalue weighted by Crippen LogP contribution is 2.29. The second kappa shape index (κ2) is 9.76. The summed E-state index contributed by atoms with van der Waals surface area (Å²) < 4.78 is 12.7. The summed E-state index contributed by atoms with van der Waals surface area (Å²) in [6.45, 7) is 0.432. The molecule has 0 fully saturated rings. The van der Waals surface area contributed by atoms with Crippen LogP contribution in [0.4, 0.5) is 11.5 Å². The fraction of sp³-hybridized carbons (Fsp3) is 0.0909. The average molecular weight is 487 g/mol. The number of carbonyl (C=O) groups excluding carboxylic acids is 1. The van der Waals surface area contributed by atoms with Crippen molar-refractivity contribution in [1.82, 2.24) is 9.78 Å². The second-order valence-corrected chi connectivity index (χ2v) is 7.75. The summed E-state index contributed by atoms with van der Waals surface area (Å²) >= 11 is 12.0. The number of rotatable bonds is 8. The first-order valence-electron chi connectivity index (χ1n) is 9.62. The van der Waals surface area contributed by atoms with Crippen LogP contribution in [0.15, 0.2) is 71.3 Å². The van der Waals surface area contributed by atoms with Gasteiger partial charge in [0.1, 0.15) is 18.1 Å². The molecule has 0 unspecified atom stereocenters. The number of aromatic nitrogens is 2. The van der Waals surface area contributed by atoms with E-state index in [-0.39, 0.29) is 28.8 Å². The number of nitro benzene ring substituents is 1. The Morgan fingerprint density at radius 3 is 2.79 bits per heavy atom. The first-order chi connectivity index (χ1) is 15.9. The van der Waals surface area contributed by atoms with Crippen molar-refractivity contribution in [3.05, 3.63) is 104 Å². The van der Waals surface area contributed by atoms with Crippen LogP contribution in [0.25, 0.3) is 0 Å². The summed E-state index contributed by atoms with van der Waals surface area (Å²) in [4.78, 5) is 22.8. The van der Waals surface area contributed by atoms with E-state index in [9.17, 15) is 14.9 Å². The van der Waals surface area contributed by atoms with E-state index in [1.54, 1.807) is 29.1 Å². The molecule has 168 valence electrons. The molecule has 0 aliphatic heterocycles. The molecule has 0 aliphatic carbocycles. The molecular formula is C22H16Cl2N4O5. The quantitative estimate of drug-likeness (QED) is 0.257. The highest BCUT2D eigenvalue weighted by atomic mass is 35.5. The van der Waals surface area contributed by atoms with Crippen molar-refractivity contribution in [2.24, 2.45) is 0 Å². The molecule has 4 rings (SSSR count). The van der Waals surface area contributed by atoms with Gasteiger partial charge in [-0.3, -0.25) is 19.6 Å². The number of carbonyl (C=O) groups is 1. The normalized spacial score (nSPS) is 10.7. The molecule has 33 heavy (non-hydrogen) atoms. The first-order valence-corrected chi connectivity index (χ1v) is 10.4. The standard InChI is InChI=1S/C22H16Cl2N4O5/c23-15-3-1-2-14(10-15)12-27-9-8-21(26-27)25-22(29)19-7-5-17(33-19)13-32-20-11-16(28(30)31)4-6-18(20)24/h1-11H,12-13H2,(H,25,26,29). The van der Waals surface area contributed by atoms with Gasteiger partial charge in [-0.1, -0.05) is 35.3 Å². The second-order valence-electron chi connectivity index (χ2n) is 6.91. The Hall–Kier alpha value is -3.82. The predicted molar refractivity (Wildman–Crippen MR) is 122 cm³/mol. The number of anilines is 1. The fourth-order valence-electron chi connectivity index (χ4n) is 2.96. The van der Waals surface area contributed by atoms with Gasteiger partial charge in [-0.25, -0.2) is 0 Å². The molecule has 0 atom stereocenters. The number of furan rings is 1. The molecule has 2 aromatic heterocycles. The zero-order valence-corrected chi connectivity index (χ0v) is 18.4. The number of non-ortho nitro benzene ring substituents is 1. The lowest BCUT2D eigenvalue weighted by molar-refractivity contribution is -0.384. The summed E-state index contributed by atoms with van der Waals surface area (Å²) in [6, 6.07) is 16.0. The number of ether oxygens (including phenoxy) is 1. The Morgan fingerprint density at radius 2 is 2.00 bits per heavy atom. The van der Waals surface area contributed by atoms with Crippen LogP contribution in [0.5, 0.6) is 5.75 Å². The maximum Gasteiger partial charge on any atom is 0.292 e. The van der Waals surface area contributed by atoms with E-state index in [0.29, 0.717) is 23.1 Å². The first kappa shape index (κ1) is 22.4. The van der Waals surface area contributed by atoms with E-state index in [1.807, 2.05) is 18.2 Å². The molecule has 0 spiro atoms. The van der Waals surface area contributed by atoms with Crippen LogP contribution in [0, 0.1) is 10.1 Å². The van der Waals surface area contributed by atoms with Gasteiger partial charge in [-0.2, -0.15) is 5.10 Å². The zero-order valence-electron chi connectivity index (χ0n) is 16.9. The predicted octanol–water partition coefficient (Wildman–Crippen LogP) is 5.57. The number of hydrogen-bond acceptors (Lipinski definition) is 6. The average Bonchev–Trinajstić information content (AvgIpc) is 3.42. The van der Waals surface area contributed by atoms with E-state index < -0.39 is 10.8 Å². The van der Waals surface area contributed by atoms with Gasteiger partial charge in [-0.05, 0) is 35.9 Å². The number of amides is 1. The number of nitrogens with zero attached hydrogens (tertiary/aromatic N) is 3. The molecule has 2 aromatic carbocycles. The van der Waals surface area contributed by atoms with Crippen molar-refractivity contribution in [3.63, 3.8) is 0 Å². The minimum Gasteiger partial charge on any atom is -0.484 e. The molecule has 0 aliphatic rings. The van der Waals surface area contributed by atoms with Crippen molar-refractivity contribution in [1.29, 1.82) is 0 Å². The number of nitro groups is 1. The Bertz CT molecular complexity index is 1320. The molecule has 9 nitrogen and oxygen atoms in total. The maximum absolute atomic E-state index is 12.5. The van der Waals surface area contributed by atoms with Crippen molar-refractivity contribution in [3.8, 4) is 5.75 Å². The van der Waals surface area contributed by atoms with E-state index in [4.69, 9.17) is 32.4 Å². The summed E-state index contributed by atoms with van der Waals surface area (Å²) in [7, 11) is 0. The maximum atomic E-state index is 12.5. The van der Waals surface area contributed by atoms with Crippen LogP contribution in [-0.2, 0) is 13.2 Å². The summed E-state index contributed by atoms with van der Waals surface area (Å²) in [5.41, 5.74) is 0.826. The van der Waals surface area contributed by atoms with Gasteiger partial charge < -0.3 is 14.5 Å². The van der Waals surface area contributed by atoms with E-state index >= 15 is 0 Å². The van der Waals surface area contributed by atoms with Gasteiger partial charge in [0.2, 0.25) is 0 Å². The lowest BCUT2D eigenvalue weighted by atomic mass is 10.2. The Kier molecular flexibility index (Phi) is 6.62. The van der Waals surface area contributed by atoms with Gasteiger partial charge in [0.25, 0.3) is 11.6 Å².